The Bertz CT molecular complexity index is 1390. The molecular weight excluding hydrogens is 486 g/mol. The Morgan fingerprint density at radius 1 is 1.00 bits per heavy atom. The van der Waals surface area contributed by atoms with Crippen LogP contribution in [0.3, 0.4) is 0 Å². The molecule has 2 aliphatic rings. The number of fused-ring (bicyclic) bond motifs is 2. The number of carbonyl (C=O) groups excluding carboxylic acids is 2. The average Bonchev–Trinajstić information content (AvgIpc) is 3.07. The maximum absolute atomic E-state index is 14.4. The minimum atomic E-state index is -0.521. The Kier molecular flexibility index (Phi) is 7.21. The summed E-state index contributed by atoms with van der Waals surface area (Å²) in [6.45, 7) is 10.3. The average molecular weight is 524 g/mol. The number of benzene rings is 3. The third kappa shape index (κ3) is 5.03. The van der Waals surface area contributed by atoms with E-state index in [1.165, 1.54) is 0 Å². The minimum Gasteiger partial charge on any atom is -0.497 e. The number of amides is 1. The molecule has 0 spiro atoms. The number of Topliss-reactive ketones (excluding diaryl/α,β-unsaturated/α-hetero) is 1. The van der Waals surface area contributed by atoms with E-state index in [1.807, 2.05) is 29.2 Å². The molecule has 0 bridgehead atoms. The minimum absolute atomic E-state index is 0.128. The first kappa shape index (κ1) is 26.5. The van der Waals surface area contributed by atoms with Gasteiger partial charge in [-0.15, -0.1) is 0 Å². The quantitative estimate of drug-likeness (QED) is 0.383. The highest BCUT2D eigenvalue weighted by atomic mass is 16.5. The highest BCUT2D eigenvalue weighted by Crippen LogP contribution is 2.49. The van der Waals surface area contributed by atoms with E-state index in [0.717, 1.165) is 41.4 Å². The van der Waals surface area contributed by atoms with Gasteiger partial charge in [-0.2, -0.15) is 0 Å². The van der Waals surface area contributed by atoms with Crippen LogP contribution in [0.15, 0.2) is 84.6 Å². The van der Waals surface area contributed by atoms with Crippen LogP contribution in [0.2, 0.25) is 0 Å². The first-order valence-corrected chi connectivity index (χ1v) is 13.7. The predicted octanol–water partition coefficient (Wildman–Crippen LogP) is 6.85. The second-order valence-electron chi connectivity index (χ2n) is 11.0. The van der Waals surface area contributed by atoms with Crippen molar-refractivity contribution in [3.8, 4) is 5.75 Å². The summed E-state index contributed by atoms with van der Waals surface area (Å²) in [5.41, 5.74) is 4.71. The van der Waals surface area contributed by atoms with Crippen LogP contribution in [0.4, 0.5) is 17.1 Å². The largest absolute Gasteiger partial charge is 0.497 e. The number of nitrogens with zero attached hydrogens (tertiary/aromatic N) is 2. The molecule has 0 fully saturated rings. The van der Waals surface area contributed by atoms with Crippen molar-refractivity contribution in [3.63, 3.8) is 0 Å². The second kappa shape index (κ2) is 10.6. The van der Waals surface area contributed by atoms with Crippen molar-refractivity contribution in [2.45, 2.75) is 40.2 Å². The maximum atomic E-state index is 14.4. The van der Waals surface area contributed by atoms with Crippen LogP contribution in [-0.4, -0.2) is 31.9 Å². The lowest BCUT2D eigenvalue weighted by molar-refractivity contribution is -0.124. The third-order valence-electron chi connectivity index (χ3n) is 7.81. The van der Waals surface area contributed by atoms with E-state index < -0.39 is 12.0 Å². The Labute approximate surface area is 231 Å². The van der Waals surface area contributed by atoms with Gasteiger partial charge in [0.25, 0.3) is 5.91 Å². The fraction of sp³-hybridized carbons (Fsp3) is 0.333. The molecule has 202 valence electrons. The number of hydrogen-bond donors (Lipinski definition) is 1. The normalized spacial score (nSPS) is 19.7. The van der Waals surface area contributed by atoms with Gasteiger partial charge in [0.2, 0.25) is 0 Å². The summed E-state index contributed by atoms with van der Waals surface area (Å²) in [6.07, 6.45) is 2.59. The van der Waals surface area contributed by atoms with Crippen LogP contribution >= 0.6 is 0 Å². The molecule has 6 nitrogen and oxygen atoms in total. The number of allylic oxidation sites excluding steroid dienone is 1. The molecule has 1 amide bonds. The Morgan fingerprint density at radius 2 is 1.67 bits per heavy atom. The molecule has 1 heterocycles. The van der Waals surface area contributed by atoms with Crippen molar-refractivity contribution in [2.24, 2.45) is 11.3 Å². The first-order chi connectivity index (χ1) is 18.8. The van der Waals surface area contributed by atoms with Crippen molar-refractivity contribution in [1.82, 2.24) is 0 Å². The number of carbonyl (C=O) groups is 2. The Hall–Kier alpha value is -4.06. The molecule has 0 saturated heterocycles. The third-order valence-corrected chi connectivity index (χ3v) is 7.81. The lowest BCUT2D eigenvalue weighted by Gasteiger charge is -2.39. The summed E-state index contributed by atoms with van der Waals surface area (Å²) in [5.74, 6) is 0.127. The van der Waals surface area contributed by atoms with Crippen LogP contribution in [0.5, 0.6) is 5.75 Å². The second-order valence-corrected chi connectivity index (χ2v) is 11.0. The van der Waals surface area contributed by atoms with E-state index in [4.69, 9.17) is 4.74 Å². The molecule has 1 aliphatic carbocycles. The van der Waals surface area contributed by atoms with Gasteiger partial charge >= 0.3 is 0 Å². The van der Waals surface area contributed by atoms with E-state index in [1.54, 1.807) is 31.4 Å². The zero-order valence-electron chi connectivity index (χ0n) is 23.4. The van der Waals surface area contributed by atoms with Gasteiger partial charge in [0.15, 0.2) is 0 Å². The Morgan fingerprint density at radius 3 is 2.31 bits per heavy atom. The molecule has 0 radical (unpaired) electrons. The van der Waals surface area contributed by atoms with E-state index in [-0.39, 0.29) is 17.1 Å². The highest BCUT2D eigenvalue weighted by Gasteiger charge is 2.46. The number of methoxy groups -OCH3 is 1. The first-order valence-electron chi connectivity index (χ1n) is 13.7. The monoisotopic (exact) mass is 523 g/mol. The molecule has 0 saturated carbocycles. The van der Waals surface area contributed by atoms with Crippen LogP contribution < -0.4 is 19.9 Å². The van der Waals surface area contributed by atoms with E-state index in [2.05, 4.69) is 68.3 Å². The molecular formula is C33H37N3O3. The van der Waals surface area contributed by atoms with Crippen molar-refractivity contribution in [2.75, 3.05) is 35.3 Å². The summed E-state index contributed by atoms with van der Waals surface area (Å²) in [5, 5.41) is 3.57. The molecule has 3 aromatic rings. The number of ketones is 1. The lowest BCUT2D eigenvalue weighted by Crippen LogP contribution is -2.43. The molecule has 5 rings (SSSR count). The highest BCUT2D eigenvalue weighted by molar-refractivity contribution is 6.10. The van der Waals surface area contributed by atoms with Gasteiger partial charge in [-0.1, -0.05) is 44.2 Å². The van der Waals surface area contributed by atoms with E-state index in [0.29, 0.717) is 17.7 Å². The molecule has 1 aliphatic heterocycles. The van der Waals surface area contributed by atoms with Crippen LogP contribution in [0, 0.1) is 11.3 Å². The predicted molar refractivity (Wildman–Crippen MR) is 158 cm³/mol. The molecule has 0 aromatic heterocycles. The number of rotatable bonds is 6. The van der Waals surface area contributed by atoms with E-state index >= 15 is 0 Å². The van der Waals surface area contributed by atoms with Crippen LogP contribution in [0.25, 0.3) is 0 Å². The summed E-state index contributed by atoms with van der Waals surface area (Å²) in [4.78, 5) is 32.4. The Balaban J connectivity index is 1.72. The molecule has 0 unspecified atom stereocenters. The lowest BCUT2D eigenvalue weighted by atomic mass is 9.72. The number of hydrogen-bond acceptors (Lipinski definition) is 5. The number of ether oxygens (including phenoxy) is 1. The fourth-order valence-electron chi connectivity index (χ4n) is 5.92. The van der Waals surface area contributed by atoms with Gasteiger partial charge in [-0.05, 0) is 73.4 Å². The van der Waals surface area contributed by atoms with Crippen molar-refractivity contribution < 1.29 is 14.3 Å². The van der Waals surface area contributed by atoms with Gasteiger partial charge in [-0.25, -0.2) is 0 Å². The molecule has 2 atom stereocenters. The molecule has 1 N–H and O–H groups in total. The van der Waals surface area contributed by atoms with Crippen molar-refractivity contribution in [1.29, 1.82) is 0 Å². The van der Waals surface area contributed by atoms with Gasteiger partial charge in [-0.3, -0.25) is 14.5 Å². The van der Waals surface area contributed by atoms with Gasteiger partial charge in [0.05, 0.1) is 30.4 Å². The topological polar surface area (TPSA) is 61.9 Å². The van der Waals surface area contributed by atoms with E-state index in [9.17, 15) is 9.59 Å². The summed E-state index contributed by atoms with van der Waals surface area (Å²) >= 11 is 0. The number of anilines is 3. The summed E-state index contributed by atoms with van der Waals surface area (Å²) in [7, 11) is 1.61. The van der Waals surface area contributed by atoms with Gasteiger partial charge in [0, 0.05) is 36.5 Å². The molecule has 3 aromatic carbocycles. The summed E-state index contributed by atoms with van der Waals surface area (Å²) in [6, 6.07) is 22.8. The van der Waals surface area contributed by atoms with Crippen molar-refractivity contribution in [3.05, 3.63) is 95.7 Å². The van der Waals surface area contributed by atoms with Crippen molar-refractivity contribution >= 4 is 28.8 Å². The van der Waals surface area contributed by atoms with Gasteiger partial charge < -0.3 is 15.0 Å². The number of nitrogens with one attached hydrogen (secondary N) is 1. The van der Waals surface area contributed by atoms with Crippen LogP contribution in [-0.2, 0) is 4.79 Å². The standard InChI is InChI=1S/C33H37N3O3/c1-6-35(7-2)24-16-12-22(13-17-24)31-30-27(20-33(3,4)21-29(30)37)34-26-10-8-9-11-28(26)36(31)32(38)23-14-18-25(39-5)19-15-23/h8-20,30-31,34H,6-7,21H2,1-5H3/t30-,31-/m0/s1. The molecule has 6 heteroatoms. The number of para-hydroxylation sites is 2. The van der Waals surface area contributed by atoms with Gasteiger partial charge in [0.1, 0.15) is 11.5 Å². The summed E-state index contributed by atoms with van der Waals surface area (Å²) < 4.78 is 5.32. The maximum Gasteiger partial charge on any atom is 0.258 e. The fourth-order valence-corrected chi connectivity index (χ4v) is 5.92. The smallest absolute Gasteiger partial charge is 0.258 e. The zero-order valence-corrected chi connectivity index (χ0v) is 23.4. The SMILES string of the molecule is CCN(CC)c1ccc([C@H]2[C@@H]3C(=O)CC(C)(C)C=C3Nc3ccccc3N2C(=O)c2ccc(OC)cc2)cc1. The molecule has 39 heavy (non-hydrogen) atoms. The zero-order chi connectivity index (χ0) is 27.7. The van der Waals surface area contributed by atoms with Crippen LogP contribution in [0.1, 0.15) is 56.1 Å².